The first-order valence-electron chi connectivity index (χ1n) is 9.71. The van der Waals surface area contributed by atoms with Crippen molar-refractivity contribution in [3.8, 4) is 0 Å². The lowest BCUT2D eigenvalue weighted by Gasteiger charge is -2.31. The van der Waals surface area contributed by atoms with E-state index < -0.39 is 0 Å². The number of aryl methyl sites for hydroxylation is 1. The number of nitrogens with one attached hydrogen (secondary N) is 1. The summed E-state index contributed by atoms with van der Waals surface area (Å²) in [5.74, 6) is 2.53. The molecule has 0 bridgehead atoms. The van der Waals surface area contributed by atoms with Gasteiger partial charge in [-0.15, -0.1) is 21.5 Å². The minimum atomic E-state index is 0.318. The molecule has 2 heterocycles. The molecule has 2 aromatic rings. The first-order chi connectivity index (χ1) is 12.8. The van der Waals surface area contributed by atoms with Crippen LogP contribution in [0.15, 0.2) is 5.38 Å². The van der Waals surface area contributed by atoms with Gasteiger partial charge in [0, 0.05) is 37.0 Å². The van der Waals surface area contributed by atoms with E-state index in [2.05, 4.69) is 25.5 Å². The topological polar surface area (TPSA) is 78.0 Å². The van der Waals surface area contributed by atoms with E-state index in [-0.39, 0.29) is 0 Å². The third kappa shape index (κ3) is 3.71. The number of rotatable bonds is 8. The molecule has 1 fully saturated rings. The molecule has 4 rings (SSSR count). The third-order valence-corrected chi connectivity index (χ3v) is 6.80. The minimum Gasteiger partial charge on any atom is -0.383 e. The predicted molar refractivity (Wildman–Crippen MR) is 103 cm³/mol. The van der Waals surface area contributed by atoms with Crippen molar-refractivity contribution in [1.29, 1.82) is 0 Å². The van der Waals surface area contributed by atoms with Crippen LogP contribution >= 0.6 is 11.3 Å². The lowest BCUT2D eigenvalue weighted by atomic mass is 9.80. The molecule has 0 amide bonds. The Morgan fingerprint density at radius 1 is 1.27 bits per heavy atom. The van der Waals surface area contributed by atoms with Crippen LogP contribution in [-0.2, 0) is 37.2 Å². The van der Waals surface area contributed by atoms with Gasteiger partial charge < -0.3 is 20.4 Å². The number of methoxy groups -OCH3 is 1. The Balaban J connectivity index is 1.40. The van der Waals surface area contributed by atoms with Crippen LogP contribution in [0.25, 0.3) is 0 Å². The summed E-state index contributed by atoms with van der Waals surface area (Å²) in [5, 5.41) is 14.9. The smallest absolute Gasteiger partial charge is 0.147 e. The van der Waals surface area contributed by atoms with Crippen LogP contribution in [0.4, 0.5) is 0 Å². The van der Waals surface area contributed by atoms with Crippen LogP contribution in [0.3, 0.4) is 0 Å². The molecular formula is C19H29N5OS. The molecule has 0 radical (unpaired) electrons. The fourth-order valence-electron chi connectivity index (χ4n) is 4.10. The van der Waals surface area contributed by atoms with Crippen LogP contribution in [0.2, 0.25) is 0 Å². The second-order valence-electron chi connectivity index (χ2n) is 7.52. The fraction of sp³-hybridized carbons (Fsp3) is 0.684. The van der Waals surface area contributed by atoms with Gasteiger partial charge in [0.25, 0.3) is 0 Å². The number of fused-ring (bicyclic) bond motifs is 1. The largest absolute Gasteiger partial charge is 0.383 e. The van der Waals surface area contributed by atoms with Crippen LogP contribution in [0.1, 0.15) is 59.3 Å². The van der Waals surface area contributed by atoms with Crippen LogP contribution in [-0.4, -0.2) is 34.5 Å². The quantitative estimate of drug-likeness (QED) is 0.741. The summed E-state index contributed by atoms with van der Waals surface area (Å²) in [4.78, 5) is 1.60. The molecule has 3 N–H and O–H groups in total. The lowest BCUT2D eigenvalue weighted by Crippen LogP contribution is -2.36. The fourth-order valence-corrected chi connectivity index (χ4v) is 5.25. The van der Waals surface area contributed by atoms with Crippen molar-refractivity contribution in [1.82, 2.24) is 20.1 Å². The highest BCUT2D eigenvalue weighted by Gasteiger charge is 2.32. The van der Waals surface area contributed by atoms with Gasteiger partial charge in [0.2, 0.25) is 0 Å². The molecule has 1 saturated carbocycles. The summed E-state index contributed by atoms with van der Waals surface area (Å²) < 4.78 is 7.52. The van der Waals surface area contributed by atoms with Crippen molar-refractivity contribution in [3.05, 3.63) is 33.0 Å². The molecule has 0 aliphatic heterocycles. The average Bonchev–Trinajstić information content (AvgIpc) is 3.22. The molecule has 0 aromatic carbocycles. The standard InChI is InChI=1S/C19H29N5OS/c1-25-7-6-24-18(22-23-19(24)13-8-15(20)9-13)11-21-10-14-12-26-17-5-3-2-4-16(14)17/h12-13,15,21H,2-11,20H2,1H3. The van der Waals surface area contributed by atoms with E-state index in [9.17, 15) is 0 Å². The molecule has 0 atom stereocenters. The first kappa shape index (κ1) is 18.1. The number of aromatic nitrogens is 3. The molecule has 2 aliphatic rings. The number of thiophene rings is 1. The zero-order chi connectivity index (χ0) is 17.9. The molecule has 2 aromatic heterocycles. The van der Waals surface area contributed by atoms with E-state index in [0.717, 1.165) is 44.1 Å². The highest BCUT2D eigenvalue weighted by molar-refractivity contribution is 7.10. The molecule has 0 spiro atoms. The van der Waals surface area contributed by atoms with E-state index in [1.807, 2.05) is 11.3 Å². The Kier molecular flexibility index (Phi) is 5.69. The number of hydrogen-bond acceptors (Lipinski definition) is 6. The van der Waals surface area contributed by atoms with E-state index in [4.69, 9.17) is 10.5 Å². The van der Waals surface area contributed by atoms with Gasteiger partial charge in [-0.1, -0.05) is 0 Å². The Morgan fingerprint density at radius 2 is 2.12 bits per heavy atom. The van der Waals surface area contributed by atoms with Crippen LogP contribution in [0.5, 0.6) is 0 Å². The van der Waals surface area contributed by atoms with Gasteiger partial charge in [-0.2, -0.15) is 0 Å². The van der Waals surface area contributed by atoms with Gasteiger partial charge in [0.1, 0.15) is 11.6 Å². The lowest BCUT2D eigenvalue weighted by molar-refractivity contribution is 0.183. The minimum absolute atomic E-state index is 0.318. The maximum absolute atomic E-state index is 5.96. The van der Waals surface area contributed by atoms with Crippen molar-refractivity contribution in [2.24, 2.45) is 5.73 Å². The molecule has 6 nitrogen and oxygen atoms in total. The Labute approximate surface area is 159 Å². The van der Waals surface area contributed by atoms with E-state index >= 15 is 0 Å². The molecule has 0 saturated heterocycles. The highest BCUT2D eigenvalue weighted by Crippen LogP contribution is 2.35. The highest BCUT2D eigenvalue weighted by atomic mass is 32.1. The maximum atomic E-state index is 5.96. The van der Waals surface area contributed by atoms with Crippen molar-refractivity contribution in [3.63, 3.8) is 0 Å². The van der Waals surface area contributed by atoms with Gasteiger partial charge in [-0.3, -0.25) is 0 Å². The molecule has 7 heteroatoms. The van der Waals surface area contributed by atoms with Crippen molar-refractivity contribution >= 4 is 11.3 Å². The van der Waals surface area contributed by atoms with Crippen LogP contribution in [0, 0.1) is 0 Å². The maximum Gasteiger partial charge on any atom is 0.147 e. The van der Waals surface area contributed by atoms with E-state index in [1.165, 1.54) is 31.2 Å². The number of nitrogens with two attached hydrogens (primary N) is 1. The van der Waals surface area contributed by atoms with Crippen molar-refractivity contribution in [2.45, 2.75) is 70.1 Å². The molecule has 0 unspecified atom stereocenters. The summed E-state index contributed by atoms with van der Waals surface area (Å²) >= 11 is 1.93. The zero-order valence-corrected chi connectivity index (χ0v) is 16.4. The SMILES string of the molecule is COCCn1c(CNCc2csc3c2CCCC3)nnc1C1CC(N)C1. The normalized spacial score (nSPS) is 22.2. The van der Waals surface area contributed by atoms with Crippen molar-refractivity contribution in [2.75, 3.05) is 13.7 Å². The molecule has 26 heavy (non-hydrogen) atoms. The van der Waals surface area contributed by atoms with E-state index in [1.54, 1.807) is 17.6 Å². The predicted octanol–water partition coefficient (Wildman–Crippen LogP) is 2.36. The van der Waals surface area contributed by atoms with Gasteiger partial charge in [0.05, 0.1) is 13.2 Å². The van der Waals surface area contributed by atoms with Gasteiger partial charge in [-0.25, -0.2) is 0 Å². The monoisotopic (exact) mass is 375 g/mol. The second-order valence-corrected chi connectivity index (χ2v) is 8.48. The van der Waals surface area contributed by atoms with Crippen molar-refractivity contribution < 1.29 is 4.74 Å². The van der Waals surface area contributed by atoms with Crippen LogP contribution < -0.4 is 11.1 Å². The zero-order valence-electron chi connectivity index (χ0n) is 15.5. The van der Waals surface area contributed by atoms with Gasteiger partial charge >= 0.3 is 0 Å². The summed E-state index contributed by atoms with van der Waals surface area (Å²) in [5.41, 5.74) is 9.03. The Morgan fingerprint density at radius 3 is 2.92 bits per heavy atom. The number of nitrogens with zero attached hydrogens (tertiary/aromatic N) is 3. The molecule has 142 valence electrons. The Hall–Kier alpha value is -1.28. The Bertz CT molecular complexity index is 734. The summed E-state index contributed by atoms with van der Waals surface area (Å²) in [6.07, 6.45) is 7.20. The van der Waals surface area contributed by atoms with Gasteiger partial charge in [0.15, 0.2) is 0 Å². The average molecular weight is 376 g/mol. The molecular weight excluding hydrogens is 346 g/mol. The summed E-state index contributed by atoms with van der Waals surface area (Å²) in [7, 11) is 1.74. The molecule has 2 aliphatic carbocycles. The second kappa shape index (κ2) is 8.17. The van der Waals surface area contributed by atoms with E-state index in [0.29, 0.717) is 18.6 Å². The number of ether oxygens (including phenoxy) is 1. The number of hydrogen-bond donors (Lipinski definition) is 2. The van der Waals surface area contributed by atoms with Gasteiger partial charge in [-0.05, 0) is 55.0 Å². The first-order valence-corrected chi connectivity index (χ1v) is 10.6. The summed E-state index contributed by atoms with van der Waals surface area (Å²) in [6, 6.07) is 0.318. The summed E-state index contributed by atoms with van der Waals surface area (Å²) in [6.45, 7) is 3.12. The third-order valence-electron chi connectivity index (χ3n) is 5.66.